The molecule has 5 rings (SSSR count). The summed E-state index contributed by atoms with van der Waals surface area (Å²) in [6.07, 6.45) is 1.86. The zero-order valence-electron chi connectivity index (χ0n) is 20.1. The third-order valence-corrected chi connectivity index (χ3v) is 7.28. The SMILES string of the molecule is CCOc1cc(/C=C2/SC(=S)N(c3ccccc3C)C2=O)ccc1OCc1cccc2ccccc12. The number of fused-ring (bicyclic) bond motifs is 1. The van der Waals surface area contributed by atoms with Crippen LogP contribution in [-0.2, 0) is 11.4 Å². The Morgan fingerprint density at radius 3 is 2.53 bits per heavy atom. The number of hydrogen-bond acceptors (Lipinski definition) is 5. The van der Waals surface area contributed by atoms with Crippen LogP contribution in [0, 0.1) is 6.92 Å². The number of anilines is 1. The summed E-state index contributed by atoms with van der Waals surface area (Å²) in [5, 5.41) is 2.35. The van der Waals surface area contributed by atoms with Crippen LogP contribution in [0.4, 0.5) is 5.69 Å². The molecule has 1 heterocycles. The first-order chi connectivity index (χ1) is 17.5. The minimum atomic E-state index is -0.117. The van der Waals surface area contributed by atoms with Crippen LogP contribution in [0.3, 0.4) is 0 Å². The molecule has 0 radical (unpaired) electrons. The molecule has 4 aromatic carbocycles. The van der Waals surface area contributed by atoms with Crippen molar-refractivity contribution in [3.63, 3.8) is 0 Å². The lowest BCUT2D eigenvalue weighted by atomic mass is 10.1. The molecule has 0 aliphatic carbocycles. The Balaban J connectivity index is 1.39. The van der Waals surface area contributed by atoms with Crippen molar-refractivity contribution >= 4 is 56.7 Å². The van der Waals surface area contributed by atoms with Gasteiger partial charge in [0.1, 0.15) is 6.61 Å². The van der Waals surface area contributed by atoms with E-state index in [1.54, 1.807) is 4.90 Å². The molecular weight excluding hydrogens is 486 g/mol. The van der Waals surface area contributed by atoms with E-state index >= 15 is 0 Å². The number of ether oxygens (including phenoxy) is 2. The fraction of sp³-hybridized carbons (Fsp3) is 0.133. The molecule has 4 aromatic rings. The Kier molecular flexibility index (Phi) is 7.07. The average molecular weight is 512 g/mol. The van der Waals surface area contributed by atoms with Crippen LogP contribution < -0.4 is 14.4 Å². The number of carbonyl (C=O) groups excluding carboxylic acids is 1. The number of para-hydroxylation sites is 1. The molecule has 6 heteroatoms. The zero-order chi connectivity index (χ0) is 25.1. The number of nitrogens with zero attached hydrogens (tertiary/aromatic N) is 1. The van der Waals surface area contributed by atoms with Crippen LogP contribution in [0.1, 0.15) is 23.6 Å². The molecule has 0 saturated carbocycles. The van der Waals surface area contributed by atoms with Crippen molar-refractivity contribution in [1.29, 1.82) is 0 Å². The molecule has 1 fully saturated rings. The van der Waals surface area contributed by atoms with Crippen molar-refractivity contribution in [1.82, 2.24) is 0 Å². The van der Waals surface area contributed by atoms with Crippen LogP contribution in [0.5, 0.6) is 11.5 Å². The van der Waals surface area contributed by atoms with Gasteiger partial charge in [-0.15, -0.1) is 0 Å². The molecule has 0 atom stereocenters. The smallest absolute Gasteiger partial charge is 0.270 e. The van der Waals surface area contributed by atoms with Gasteiger partial charge in [-0.2, -0.15) is 0 Å². The predicted molar refractivity (Wildman–Crippen MR) is 153 cm³/mol. The number of amides is 1. The van der Waals surface area contributed by atoms with Gasteiger partial charge in [-0.1, -0.05) is 90.7 Å². The average Bonchev–Trinajstić information content (AvgIpc) is 3.16. The minimum Gasteiger partial charge on any atom is -0.490 e. The molecule has 1 aliphatic rings. The van der Waals surface area contributed by atoms with Crippen molar-refractivity contribution in [2.75, 3.05) is 11.5 Å². The normalized spacial score (nSPS) is 14.6. The third-order valence-electron chi connectivity index (χ3n) is 5.98. The maximum Gasteiger partial charge on any atom is 0.270 e. The van der Waals surface area contributed by atoms with Crippen molar-refractivity contribution in [2.45, 2.75) is 20.5 Å². The third kappa shape index (κ3) is 4.87. The van der Waals surface area contributed by atoms with E-state index in [0.29, 0.717) is 33.9 Å². The molecule has 0 unspecified atom stereocenters. The van der Waals surface area contributed by atoms with Crippen molar-refractivity contribution in [3.05, 3.63) is 107 Å². The summed E-state index contributed by atoms with van der Waals surface area (Å²) < 4.78 is 12.6. The highest BCUT2D eigenvalue weighted by Crippen LogP contribution is 2.38. The number of benzene rings is 4. The molecule has 0 N–H and O–H groups in total. The monoisotopic (exact) mass is 511 g/mol. The maximum atomic E-state index is 13.2. The molecule has 0 spiro atoms. The highest BCUT2D eigenvalue weighted by atomic mass is 32.2. The largest absolute Gasteiger partial charge is 0.490 e. The number of rotatable bonds is 7. The summed E-state index contributed by atoms with van der Waals surface area (Å²) >= 11 is 6.85. The highest BCUT2D eigenvalue weighted by Gasteiger charge is 2.34. The number of carbonyl (C=O) groups is 1. The highest BCUT2D eigenvalue weighted by molar-refractivity contribution is 8.27. The van der Waals surface area contributed by atoms with Gasteiger partial charge >= 0.3 is 0 Å². The fourth-order valence-corrected chi connectivity index (χ4v) is 5.50. The Morgan fingerprint density at radius 1 is 0.917 bits per heavy atom. The van der Waals surface area contributed by atoms with Crippen LogP contribution in [0.2, 0.25) is 0 Å². The minimum absolute atomic E-state index is 0.117. The second-order valence-electron chi connectivity index (χ2n) is 8.37. The van der Waals surface area contributed by atoms with Crippen LogP contribution >= 0.6 is 24.0 Å². The molecule has 0 aromatic heterocycles. The summed E-state index contributed by atoms with van der Waals surface area (Å²) in [6, 6.07) is 28.0. The van der Waals surface area contributed by atoms with Crippen molar-refractivity contribution in [3.8, 4) is 11.5 Å². The molecule has 4 nitrogen and oxygen atoms in total. The van der Waals surface area contributed by atoms with Gasteiger partial charge in [0.2, 0.25) is 0 Å². The standard InChI is InChI=1S/C30H25NO3S2/c1-3-33-27-17-21(18-28-29(32)31(30(35)36-28)25-14-7-4-9-20(25)2)15-16-26(27)34-19-23-12-8-11-22-10-5-6-13-24(22)23/h4-18H,3,19H2,1-2H3/b28-18+. The summed E-state index contributed by atoms with van der Waals surface area (Å²) in [5.41, 5.74) is 3.78. The quantitative estimate of drug-likeness (QED) is 0.189. The number of hydrogen-bond donors (Lipinski definition) is 0. The molecule has 1 amide bonds. The van der Waals surface area contributed by atoms with E-state index in [9.17, 15) is 4.79 Å². The van der Waals surface area contributed by atoms with E-state index in [2.05, 4.69) is 24.3 Å². The van der Waals surface area contributed by atoms with E-state index in [4.69, 9.17) is 21.7 Å². The maximum absolute atomic E-state index is 13.2. The second kappa shape index (κ2) is 10.6. The van der Waals surface area contributed by atoms with Crippen molar-refractivity contribution in [2.24, 2.45) is 0 Å². The first kappa shape index (κ1) is 24.1. The van der Waals surface area contributed by atoms with Crippen molar-refractivity contribution < 1.29 is 14.3 Å². The van der Waals surface area contributed by atoms with Gasteiger partial charge in [-0.25, -0.2) is 0 Å². The van der Waals surface area contributed by atoms with E-state index in [0.717, 1.165) is 22.4 Å². The van der Waals surface area contributed by atoms with Gasteiger partial charge in [-0.05, 0) is 65.6 Å². The van der Waals surface area contributed by atoms with E-state index in [1.165, 1.54) is 22.5 Å². The van der Waals surface area contributed by atoms with Gasteiger partial charge in [0, 0.05) is 0 Å². The first-order valence-electron chi connectivity index (χ1n) is 11.7. The Morgan fingerprint density at radius 2 is 1.69 bits per heavy atom. The molecule has 36 heavy (non-hydrogen) atoms. The Labute approximate surface area is 220 Å². The summed E-state index contributed by atoms with van der Waals surface area (Å²) in [7, 11) is 0. The number of thioether (sulfide) groups is 1. The van der Waals surface area contributed by atoms with Crippen LogP contribution in [-0.4, -0.2) is 16.8 Å². The van der Waals surface area contributed by atoms with E-state index < -0.39 is 0 Å². The van der Waals surface area contributed by atoms with Gasteiger partial charge in [-0.3, -0.25) is 9.69 Å². The molecule has 180 valence electrons. The lowest BCUT2D eigenvalue weighted by Crippen LogP contribution is -2.28. The topological polar surface area (TPSA) is 38.8 Å². The Hall–Kier alpha value is -3.61. The lowest BCUT2D eigenvalue weighted by Gasteiger charge is -2.16. The second-order valence-corrected chi connectivity index (χ2v) is 10.0. The van der Waals surface area contributed by atoms with Gasteiger partial charge in [0.25, 0.3) is 5.91 Å². The number of aryl methyl sites for hydroxylation is 1. The van der Waals surface area contributed by atoms with Gasteiger partial charge in [0.15, 0.2) is 15.8 Å². The summed E-state index contributed by atoms with van der Waals surface area (Å²) in [4.78, 5) is 15.4. The summed E-state index contributed by atoms with van der Waals surface area (Å²) in [5.74, 6) is 1.18. The molecular formula is C30H25NO3S2. The van der Waals surface area contributed by atoms with E-state index in [1.807, 2.05) is 80.6 Å². The zero-order valence-corrected chi connectivity index (χ0v) is 21.7. The van der Waals surface area contributed by atoms with Gasteiger partial charge < -0.3 is 9.47 Å². The molecule has 0 bridgehead atoms. The summed E-state index contributed by atoms with van der Waals surface area (Å²) in [6.45, 7) is 4.84. The first-order valence-corrected chi connectivity index (χ1v) is 13.0. The fourth-order valence-electron chi connectivity index (χ4n) is 4.22. The number of thiocarbonyl (C=S) groups is 1. The molecule has 1 saturated heterocycles. The molecule has 1 aliphatic heterocycles. The van der Waals surface area contributed by atoms with Crippen LogP contribution in [0.15, 0.2) is 89.8 Å². The Bertz CT molecular complexity index is 1490. The van der Waals surface area contributed by atoms with E-state index in [-0.39, 0.29) is 5.91 Å². The van der Waals surface area contributed by atoms with Gasteiger partial charge in [0.05, 0.1) is 17.2 Å². The lowest BCUT2D eigenvalue weighted by molar-refractivity contribution is -0.113. The van der Waals surface area contributed by atoms with Crippen LogP contribution in [0.25, 0.3) is 16.8 Å². The predicted octanol–water partition coefficient (Wildman–Crippen LogP) is 7.53.